The number of Topliss-reactive ketones (excluding diaryl/α,β-unsaturated/α-hetero) is 1. The fourth-order valence-corrected chi connectivity index (χ4v) is 3.87. The highest BCUT2D eigenvalue weighted by Crippen LogP contribution is 2.41. The van der Waals surface area contributed by atoms with Crippen LogP contribution < -0.4 is 5.32 Å². The van der Waals surface area contributed by atoms with E-state index in [0.717, 1.165) is 18.4 Å². The Kier molecular flexibility index (Phi) is 5.81. The summed E-state index contributed by atoms with van der Waals surface area (Å²) in [5.74, 6) is -0.0823. The maximum Gasteiger partial charge on any atom is 0.252 e. The van der Waals surface area contributed by atoms with Crippen molar-refractivity contribution in [2.24, 2.45) is 17.8 Å². The first kappa shape index (κ1) is 18.7. The number of aryl methyl sites for hydroxylation is 1. The van der Waals surface area contributed by atoms with Gasteiger partial charge in [0, 0.05) is 5.56 Å². The molecule has 1 aromatic rings. The predicted octanol–water partition coefficient (Wildman–Crippen LogP) is 3.12. The van der Waals surface area contributed by atoms with Gasteiger partial charge >= 0.3 is 0 Å². The maximum absolute atomic E-state index is 12.7. The second-order valence-corrected chi connectivity index (χ2v) is 7.64. The van der Waals surface area contributed by atoms with Gasteiger partial charge in [-0.3, -0.25) is 9.59 Å². The number of rotatable bonds is 5. The monoisotopic (exact) mass is 331 g/mol. The number of nitrogens with one attached hydrogen (secondary N) is 1. The van der Waals surface area contributed by atoms with E-state index < -0.39 is 11.5 Å². The van der Waals surface area contributed by atoms with Crippen LogP contribution in [0.2, 0.25) is 0 Å². The van der Waals surface area contributed by atoms with Crippen LogP contribution in [0.3, 0.4) is 0 Å². The van der Waals surface area contributed by atoms with Gasteiger partial charge in [-0.15, -0.1) is 0 Å². The number of hydrogen-bond donors (Lipinski definition) is 2. The van der Waals surface area contributed by atoms with E-state index >= 15 is 0 Å². The average Bonchev–Trinajstić information content (AvgIpc) is 2.51. The molecule has 132 valence electrons. The zero-order chi connectivity index (χ0) is 17.9. The molecule has 2 rings (SSSR count). The third-order valence-corrected chi connectivity index (χ3v) is 5.19. The lowest BCUT2D eigenvalue weighted by atomic mass is 9.66. The number of benzene rings is 1. The summed E-state index contributed by atoms with van der Waals surface area (Å²) in [5, 5.41) is 13.7. The van der Waals surface area contributed by atoms with Crippen molar-refractivity contribution in [3.05, 3.63) is 35.4 Å². The Bertz CT molecular complexity index is 611. The molecule has 1 amide bonds. The quantitative estimate of drug-likeness (QED) is 0.815. The van der Waals surface area contributed by atoms with Crippen LogP contribution in [0, 0.1) is 24.7 Å². The molecule has 4 heteroatoms. The van der Waals surface area contributed by atoms with E-state index in [2.05, 4.69) is 12.2 Å². The van der Waals surface area contributed by atoms with E-state index in [1.165, 1.54) is 0 Å². The molecule has 0 saturated heterocycles. The van der Waals surface area contributed by atoms with Crippen molar-refractivity contribution in [3.63, 3.8) is 0 Å². The standard InChI is InChI=1S/C20H29NO3/c1-13(2)17-9-8-15(4)11-20(17,24)19(23)21-12-18(22)16-7-5-6-14(3)10-16/h5-7,10,13,15,17,24H,8-9,11-12H2,1-4H3,(H,21,23)/t15-,17+,20+/m1/s1. The van der Waals surface area contributed by atoms with Gasteiger partial charge < -0.3 is 10.4 Å². The van der Waals surface area contributed by atoms with Gasteiger partial charge in [0.05, 0.1) is 6.54 Å². The first-order valence-corrected chi connectivity index (χ1v) is 8.84. The van der Waals surface area contributed by atoms with Gasteiger partial charge in [-0.2, -0.15) is 0 Å². The second-order valence-electron chi connectivity index (χ2n) is 7.64. The van der Waals surface area contributed by atoms with Crippen LogP contribution in [0.15, 0.2) is 24.3 Å². The van der Waals surface area contributed by atoms with Crippen molar-refractivity contribution >= 4 is 11.7 Å². The molecule has 3 atom stereocenters. The minimum Gasteiger partial charge on any atom is -0.380 e. The molecule has 2 N–H and O–H groups in total. The van der Waals surface area contributed by atoms with E-state index in [1.807, 2.05) is 39.0 Å². The molecule has 1 fully saturated rings. The van der Waals surface area contributed by atoms with Crippen molar-refractivity contribution in [3.8, 4) is 0 Å². The minimum atomic E-state index is -1.38. The third-order valence-electron chi connectivity index (χ3n) is 5.19. The SMILES string of the molecule is Cc1cccc(C(=O)CNC(=O)[C@]2(O)C[C@H](C)CC[C@H]2C(C)C)c1. The first-order chi connectivity index (χ1) is 11.2. The second kappa shape index (κ2) is 7.47. The van der Waals surface area contributed by atoms with Crippen molar-refractivity contribution < 1.29 is 14.7 Å². The molecule has 0 bridgehead atoms. The van der Waals surface area contributed by atoms with Gasteiger partial charge in [0.15, 0.2) is 5.78 Å². The summed E-state index contributed by atoms with van der Waals surface area (Å²) in [7, 11) is 0. The Morgan fingerprint density at radius 2 is 2.04 bits per heavy atom. The van der Waals surface area contributed by atoms with Gasteiger partial charge in [-0.05, 0) is 43.6 Å². The van der Waals surface area contributed by atoms with Crippen LogP contribution >= 0.6 is 0 Å². The van der Waals surface area contributed by atoms with Gasteiger partial charge in [0.1, 0.15) is 5.60 Å². The van der Waals surface area contributed by atoms with Gasteiger partial charge in [0.25, 0.3) is 5.91 Å². The summed E-state index contributed by atoms with van der Waals surface area (Å²) in [4.78, 5) is 24.9. The molecule has 1 aliphatic rings. The number of amides is 1. The third kappa shape index (κ3) is 4.04. The zero-order valence-electron chi connectivity index (χ0n) is 15.1. The molecule has 1 aliphatic carbocycles. The zero-order valence-corrected chi connectivity index (χ0v) is 15.1. The van der Waals surface area contributed by atoms with Crippen LogP contribution in [-0.2, 0) is 4.79 Å². The lowest BCUT2D eigenvalue weighted by molar-refractivity contribution is -0.155. The van der Waals surface area contributed by atoms with Crippen molar-refractivity contribution in [2.45, 2.75) is 52.6 Å². The fourth-order valence-electron chi connectivity index (χ4n) is 3.87. The van der Waals surface area contributed by atoms with Gasteiger partial charge in [-0.1, -0.05) is 51.0 Å². The lowest BCUT2D eigenvalue weighted by Crippen LogP contribution is -2.56. The Labute approximate surface area is 144 Å². The largest absolute Gasteiger partial charge is 0.380 e. The smallest absolute Gasteiger partial charge is 0.252 e. The highest BCUT2D eigenvalue weighted by atomic mass is 16.3. The molecule has 0 heterocycles. The highest BCUT2D eigenvalue weighted by Gasteiger charge is 2.48. The average molecular weight is 331 g/mol. The van der Waals surface area contributed by atoms with Gasteiger partial charge in [0.2, 0.25) is 0 Å². The molecule has 24 heavy (non-hydrogen) atoms. The predicted molar refractivity (Wildman–Crippen MR) is 94.8 cm³/mol. The summed E-state index contributed by atoms with van der Waals surface area (Å²) >= 11 is 0. The molecule has 0 aromatic heterocycles. The van der Waals surface area contributed by atoms with Crippen molar-refractivity contribution in [2.75, 3.05) is 6.54 Å². The van der Waals surface area contributed by atoms with E-state index in [4.69, 9.17) is 0 Å². The van der Waals surface area contributed by atoms with Gasteiger partial charge in [-0.25, -0.2) is 0 Å². The van der Waals surface area contributed by atoms with Crippen LogP contribution in [0.4, 0.5) is 0 Å². The normalized spacial score (nSPS) is 27.1. The molecule has 4 nitrogen and oxygen atoms in total. The maximum atomic E-state index is 12.7. The first-order valence-electron chi connectivity index (χ1n) is 8.84. The molecule has 0 aliphatic heterocycles. The topological polar surface area (TPSA) is 66.4 Å². The summed E-state index contributed by atoms with van der Waals surface area (Å²) in [5.41, 5.74) is 0.213. The van der Waals surface area contributed by atoms with Crippen LogP contribution in [-0.4, -0.2) is 28.9 Å². The van der Waals surface area contributed by atoms with Crippen LogP contribution in [0.5, 0.6) is 0 Å². The molecule has 0 unspecified atom stereocenters. The number of ketones is 1. The summed E-state index contributed by atoms with van der Waals surface area (Å²) in [6.45, 7) is 7.98. The Balaban J connectivity index is 2.05. The number of carbonyl (C=O) groups excluding carboxylic acids is 2. The van der Waals surface area contributed by atoms with Crippen molar-refractivity contribution in [1.82, 2.24) is 5.32 Å². The Hall–Kier alpha value is -1.68. The van der Waals surface area contributed by atoms with E-state index in [9.17, 15) is 14.7 Å². The molecule has 0 radical (unpaired) electrons. The Morgan fingerprint density at radius 1 is 1.33 bits per heavy atom. The minimum absolute atomic E-state index is 0.0669. The fraction of sp³-hybridized carbons (Fsp3) is 0.600. The Morgan fingerprint density at radius 3 is 2.67 bits per heavy atom. The number of hydrogen-bond acceptors (Lipinski definition) is 3. The molecule has 0 spiro atoms. The summed E-state index contributed by atoms with van der Waals surface area (Å²) < 4.78 is 0. The van der Waals surface area contributed by atoms with Crippen LogP contribution in [0.25, 0.3) is 0 Å². The number of carbonyl (C=O) groups is 2. The summed E-state index contributed by atoms with van der Waals surface area (Å²) in [6.07, 6.45) is 2.33. The molecular formula is C20H29NO3. The summed E-state index contributed by atoms with van der Waals surface area (Å²) in [6, 6.07) is 7.31. The molecule has 1 saturated carbocycles. The van der Waals surface area contributed by atoms with E-state index in [-0.39, 0.29) is 24.2 Å². The molecule has 1 aromatic carbocycles. The molecular weight excluding hydrogens is 302 g/mol. The highest BCUT2D eigenvalue weighted by molar-refractivity contribution is 6.00. The van der Waals surface area contributed by atoms with Crippen molar-refractivity contribution in [1.29, 1.82) is 0 Å². The van der Waals surface area contributed by atoms with Crippen LogP contribution in [0.1, 0.15) is 56.0 Å². The number of aliphatic hydroxyl groups is 1. The van der Waals surface area contributed by atoms with E-state index in [0.29, 0.717) is 17.9 Å². The lowest BCUT2D eigenvalue weighted by Gasteiger charge is -2.43. The van der Waals surface area contributed by atoms with E-state index in [1.54, 1.807) is 6.07 Å².